The van der Waals surface area contributed by atoms with E-state index in [-0.39, 0.29) is 6.17 Å². The number of fused-ring (bicyclic) bond motifs is 2. The average Bonchev–Trinajstić information content (AvgIpc) is 2.99. The highest BCUT2D eigenvalue weighted by molar-refractivity contribution is 5.95. The number of para-hydroxylation sites is 2. The molecule has 1 atom stereocenters. The van der Waals surface area contributed by atoms with Crippen molar-refractivity contribution >= 4 is 27.8 Å². The summed E-state index contributed by atoms with van der Waals surface area (Å²) in [6, 6.07) is 26.2. The lowest BCUT2D eigenvalue weighted by molar-refractivity contribution is -0.659. The molecule has 0 saturated heterocycles. The summed E-state index contributed by atoms with van der Waals surface area (Å²) in [4.78, 5) is 4.80. The van der Waals surface area contributed by atoms with Crippen LogP contribution in [0.25, 0.3) is 22.0 Å². The van der Waals surface area contributed by atoms with Gasteiger partial charge in [-0.05, 0) is 55.1 Å². The first kappa shape index (κ1) is 17.7. The van der Waals surface area contributed by atoms with E-state index in [0.29, 0.717) is 0 Å². The van der Waals surface area contributed by atoms with Gasteiger partial charge in [-0.3, -0.25) is 0 Å². The van der Waals surface area contributed by atoms with Gasteiger partial charge in [-0.1, -0.05) is 36.4 Å². The van der Waals surface area contributed by atoms with Gasteiger partial charge in [0.2, 0.25) is 5.69 Å². The predicted octanol–water partition coefficient (Wildman–Crippen LogP) is 5.57. The van der Waals surface area contributed by atoms with E-state index in [0.717, 1.165) is 0 Å². The van der Waals surface area contributed by atoms with Crippen LogP contribution in [0.1, 0.15) is 12.5 Å². The van der Waals surface area contributed by atoms with Crippen LogP contribution in [0.2, 0.25) is 0 Å². The quantitative estimate of drug-likeness (QED) is 0.421. The van der Waals surface area contributed by atoms with Crippen LogP contribution in [-0.4, -0.2) is 13.2 Å². The third-order valence-corrected chi connectivity index (χ3v) is 6.32. The first-order valence-corrected chi connectivity index (χ1v) is 10.2. The minimum atomic E-state index is 0.266. The van der Waals surface area contributed by atoms with Gasteiger partial charge in [0, 0.05) is 18.8 Å². The summed E-state index contributed by atoms with van der Waals surface area (Å²) in [5.74, 6) is 0. The minimum Gasteiger partial charge on any atom is -0.353 e. The Hall–Kier alpha value is -3.33. The monoisotopic (exact) mass is 380 g/mol. The highest BCUT2D eigenvalue weighted by atomic mass is 15.4. The lowest BCUT2D eigenvalue weighted by atomic mass is 9.97. The molecule has 144 valence electrons. The van der Waals surface area contributed by atoms with Gasteiger partial charge in [0.15, 0.2) is 6.20 Å². The van der Waals surface area contributed by atoms with E-state index in [1.54, 1.807) is 0 Å². The number of aryl methyl sites for hydroxylation is 1. The van der Waals surface area contributed by atoms with Gasteiger partial charge in [0.1, 0.15) is 13.2 Å². The molecule has 3 aromatic carbocycles. The SMILES string of the molecule is Cc1c(-c2c3ccccc3cc[n+]2C)cccc1N1c2ccccc2N(C)[C@H]1C. The van der Waals surface area contributed by atoms with E-state index in [9.17, 15) is 0 Å². The number of hydrogen-bond acceptors (Lipinski definition) is 2. The molecule has 1 aliphatic rings. The van der Waals surface area contributed by atoms with Gasteiger partial charge in [-0.2, -0.15) is 0 Å². The maximum Gasteiger partial charge on any atom is 0.220 e. The van der Waals surface area contributed by atoms with Gasteiger partial charge in [0.05, 0.1) is 22.3 Å². The molecule has 0 fully saturated rings. The molecule has 0 amide bonds. The van der Waals surface area contributed by atoms with E-state index < -0.39 is 0 Å². The standard InChI is InChI=1S/C26H26N3/c1-18-21(26-22-11-6-5-10-20(22)16-17-27(26)3)12-9-15-23(18)29-19(2)28(4)24-13-7-8-14-25(24)29/h5-17,19H,1-4H3/q+1/t19-/m1/s1. The first-order valence-electron chi connectivity index (χ1n) is 10.2. The van der Waals surface area contributed by atoms with Crippen molar-refractivity contribution in [3.63, 3.8) is 0 Å². The number of nitrogens with zero attached hydrogens (tertiary/aromatic N) is 3. The van der Waals surface area contributed by atoms with Crippen LogP contribution in [0, 0.1) is 6.92 Å². The van der Waals surface area contributed by atoms with E-state index in [1.165, 1.54) is 44.7 Å². The number of benzene rings is 3. The summed E-state index contributed by atoms with van der Waals surface area (Å²) < 4.78 is 2.24. The third kappa shape index (κ3) is 2.61. The van der Waals surface area contributed by atoms with Crippen LogP contribution in [0.4, 0.5) is 17.1 Å². The summed E-state index contributed by atoms with van der Waals surface area (Å²) in [7, 11) is 4.31. The topological polar surface area (TPSA) is 10.4 Å². The number of hydrogen-bond donors (Lipinski definition) is 0. The Morgan fingerprint density at radius 1 is 0.793 bits per heavy atom. The van der Waals surface area contributed by atoms with Crippen molar-refractivity contribution < 1.29 is 4.57 Å². The molecule has 1 aromatic heterocycles. The summed E-state index contributed by atoms with van der Waals surface area (Å²) in [6.07, 6.45) is 2.42. The van der Waals surface area contributed by atoms with Crippen molar-refractivity contribution in [2.75, 3.05) is 16.8 Å². The number of rotatable bonds is 2. The molecule has 2 heterocycles. The maximum atomic E-state index is 2.46. The molecule has 0 saturated carbocycles. The molecule has 5 rings (SSSR count). The Kier molecular flexibility index (Phi) is 4.06. The molecule has 0 unspecified atom stereocenters. The van der Waals surface area contributed by atoms with E-state index in [1.807, 2.05) is 0 Å². The fourth-order valence-electron chi connectivity index (χ4n) is 4.66. The van der Waals surface area contributed by atoms with E-state index in [2.05, 4.69) is 121 Å². The molecule has 0 N–H and O–H groups in total. The number of anilines is 3. The Bertz CT molecular complexity index is 1230. The Morgan fingerprint density at radius 3 is 2.31 bits per heavy atom. The predicted molar refractivity (Wildman–Crippen MR) is 122 cm³/mol. The van der Waals surface area contributed by atoms with Crippen LogP contribution in [0.15, 0.2) is 79.0 Å². The van der Waals surface area contributed by atoms with Crippen LogP contribution in [-0.2, 0) is 7.05 Å². The molecule has 0 aliphatic carbocycles. The van der Waals surface area contributed by atoms with Crippen LogP contribution in [0.3, 0.4) is 0 Å². The van der Waals surface area contributed by atoms with Crippen LogP contribution >= 0.6 is 0 Å². The van der Waals surface area contributed by atoms with Crippen molar-refractivity contribution in [2.45, 2.75) is 20.0 Å². The second-order valence-electron chi connectivity index (χ2n) is 7.91. The van der Waals surface area contributed by atoms with Gasteiger partial charge >= 0.3 is 0 Å². The molecule has 3 heteroatoms. The zero-order valence-electron chi connectivity index (χ0n) is 17.4. The Morgan fingerprint density at radius 2 is 1.48 bits per heavy atom. The van der Waals surface area contributed by atoms with Crippen LogP contribution in [0.5, 0.6) is 0 Å². The van der Waals surface area contributed by atoms with Gasteiger partial charge in [0.25, 0.3) is 0 Å². The van der Waals surface area contributed by atoms with Crippen molar-refractivity contribution in [2.24, 2.45) is 7.05 Å². The molecule has 0 bridgehead atoms. The Labute approximate surface area is 172 Å². The molecule has 0 spiro atoms. The normalized spacial score (nSPS) is 15.8. The molecule has 29 heavy (non-hydrogen) atoms. The Balaban J connectivity index is 1.74. The molecule has 0 radical (unpaired) electrons. The molecular weight excluding hydrogens is 354 g/mol. The zero-order valence-corrected chi connectivity index (χ0v) is 17.4. The molecular formula is C26H26N3+. The van der Waals surface area contributed by atoms with Gasteiger partial charge < -0.3 is 9.80 Å². The number of pyridine rings is 1. The number of aromatic nitrogens is 1. The van der Waals surface area contributed by atoms with Gasteiger partial charge in [-0.25, -0.2) is 4.57 Å². The maximum absolute atomic E-state index is 2.46. The summed E-state index contributed by atoms with van der Waals surface area (Å²) >= 11 is 0. The average molecular weight is 381 g/mol. The molecule has 4 aromatic rings. The summed E-state index contributed by atoms with van der Waals surface area (Å²) in [6.45, 7) is 4.52. The van der Waals surface area contributed by atoms with Crippen molar-refractivity contribution in [3.8, 4) is 11.3 Å². The summed E-state index contributed by atoms with van der Waals surface area (Å²) in [5.41, 5.74) is 7.65. The van der Waals surface area contributed by atoms with Crippen molar-refractivity contribution in [1.82, 2.24) is 0 Å². The minimum absolute atomic E-state index is 0.266. The highest BCUT2D eigenvalue weighted by Crippen LogP contribution is 2.45. The second-order valence-corrected chi connectivity index (χ2v) is 7.91. The fraction of sp³-hybridized carbons (Fsp3) is 0.192. The second kappa shape index (κ2) is 6.63. The smallest absolute Gasteiger partial charge is 0.220 e. The molecule has 1 aliphatic heterocycles. The first-order chi connectivity index (χ1) is 14.1. The fourth-order valence-corrected chi connectivity index (χ4v) is 4.66. The van der Waals surface area contributed by atoms with E-state index >= 15 is 0 Å². The van der Waals surface area contributed by atoms with Crippen LogP contribution < -0.4 is 14.4 Å². The molecule has 3 nitrogen and oxygen atoms in total. The zero-order chi connectivity index (χ0) is 20.1. The highest BCUT2D eigenvalue weighted by Gasteiger charge is 2.32. The summed E-state index contributed by atoms with van der Waals surface area (Å²) in [5, 5.41) is 2.55. The van der Waals surface area contributed by atoms with Crippen molar-refractivity contribution in [3.05, 3.63) is 84.6 Å². The van der Waals surface area contributed by atoms with Crippen molar-refractivity contribution in [1.29, 1.82) is 0 Å². The lowest BCUT2D eigenvalue weighted by Gasteiger charge is -2.29. The van der Waals surface area contributed by atoms with Gasteiger partial charge in [-0.15, -0.1) is 0 Å². The van der Waals surface area contributed by atoms with E-state index in [4.69, 9.17) is 0 Å². The largest absolute Gasteiger partial charge is 0.353 e. The third-order valence-electron chi connectivity index (χ3n) is 6.32. The lowest BCUT2D eigenvalue weighted by Crippen LogP contribution is -2.36.